The first-order chi connectivity index (χ1) is 12.0. The largest absolute Gasteiger partial charge is 0.481 e. The van der Waals surface area contributed by atoms with Crippen LogP contribution in [-0.2, 0) is 21.5 Å². The Balaban J connectivity index is 1.70. The fourth-order valence-electron chi connectivity index (χ4n) is 3.02. The molecule has 0 saturated carbocycles. The van der Waals surface area contributed by atoms with Gasteiger partial charge in [-0.2, -0.15) is 0 Å². The van der Waals surface area contributed by atoms with E-state index >= 15 is 0 Å². The first-order valence-electron chi connectivity index (χ1n) is 8.70. The number of rotatable bonds is 5. The van der Waals surface area contributed by atoms with Gasteiger partial charge in [-0.15, -0.1) is 0 Å². The van der Waals surface area contributed by atoms with E-state index in [1.54, 1.807) is 13.8 Å². The Morgan fingerprint density at radius 2 is 1.52 bits per heavy atom. The average Bonchev–Trinajstić information content (AvgIpc) is 2.63. The second kappa shape index (κ2) is 7.38. The fourth-order valence-corrected chi connectivity index (χ4v) is 3.02. The van der Waals surface area contributed by atoms with E-state index in [0.29, 0.717) is 0 Å². The fraction of sp³-hybridized carbons (Fsp3) is 0.381. The molecule has 1 heterocycles. The van der Waals surface area contributed by atoms with Crippen LogP contribution in [0.25, 0.3) is 11.1 Å². The Bertz CT molecular complexity index is 714. The van der Waals surface area contributed by atoms with Crippen molar-refractivity contribution in [3.05, 3.63) is 59.7 Å². The number of morpholine rings is 1. The highest BCUT2D eigenvalue weighted by Crippen LogP contribution is 2.27. The SMILES string of the molecule is CC(C)(C(=O)O)c1ccc(-c2ccc(CN3CCOCC3)cc2)cc1. The summed E-state index contributed by atoms with van der Waals surface area (Å²) in [5.41, 5.74) is 3.48. The Kier molecular flexibility index (Phi) is 5.21. The second-order valence-corrected chi connectivity index (χ2v) is 7.09. The van der Waals surface area contributed by atoms with Crippen molar-refractivity contribution in [2.24, 2.45) is 0 Å². The highest BCUT2D eigenvalue weighted by molar-refractivity contribution is 5.80. The molecule has 0 atom stereocenters. The van der Waals surface area contributed by atoms with Crippen molar-refractivity contribution in [1.82, 2.24) is 4.90 Å². The molecule has 0 amide bonds. The zero-order chi connectivity index (χ0) is 17.9. The van der Waals surface area contributed by atoms with E-state index < -0.39 is 11.4 Å². The quantitative estimate of drug-likeness (QED) is 0.905. The number of carboxylic acid groups (broad SMARTS) is 1. The van der Waals surface area contributed by atoms with Gasteiger partial charge in [-0.3, -0.25) is 9.69 Å². The van der Waals surface area contributed by atoms with Crippen LogP contribution in [0.3, 0.4) is 0 Å². The number of hydrogen-bond acceptors (Lipinski definition) is 3. The number of ether oxygens (including phenoxy) is 1. The van der Waals surface area contributed by atoms with Crippen molar-refractivity contribution in [2.75, 3.05) is 26.3 Å². The lowest BCUT2D eigenvalue weighted by Crippen LogP contribution is -2.35. The number of carboxylic acids is 1. The molecule has 0 spiro atoms. The van der Waals surface area contributed by atoms with Gasteiger partial charge in [0.1, 0.15) is 0 Å². The summed E-state index contributed by atoms with van der Waals surface area (Å²) >= 11 is 0. The highest BCUT2D eigenvalue weighted by atomic mass is 16.5. The van der Waals surface area contributed by atoms with E-state index in [1.807, 2.05) is 24.3 Å². The molecular formula is C21H25NO3. The topological polar surface area (TPSA) is 49.8 Å². The first kappa shape index (κ1) is 17.6. The molecule has 1 N–H and O–H groups in total. The third-order valence-corrected chi connectivity index (χ3v) is 4.94. The smallest absolute Gasteiger partial charge is 0.313 e. The summed E-state index contributed by atoms with van der Waals surface area (Å²) in [6.45, 7) is 8.02. The van der Waals surface area contributed by atoms with Gasteiger partial charge in [0.2, 0.25) is 0 Å². The molecule has 132 valence electrons. The average molecular weight is 339 g/mol. The van der Waals surface area contributed by atoms with Crippen LogP contribution in [-0.4, -0.2) is 42.3 Å². The van der Waals surface area contributed by atoms with Gasteiger partial charge in [0.25, 0.3) is 0 Å². The molecule has 0 radical (unpaired) electrons. The van der Waals surface area contributed by atoms with Gasteiger partial charge in [-0.25, -0.2) is 0 Å². The van der Waals surface area contributed by atoms with Gasteiger partial charge < -0.3 is 9.84 Å². The number of nitrogens with zero attached hydrogens (tertiary/aromatic N) is 1. The van der Waals surface area contributed by atoms with Gasteiger partial charge in [0.05, 0.1) is 18.6 Å². The molecular weight excluding hydrogens is 314 g/mol. The number of carbonyl (C=O) groups is 1. The van der Waals surface area contributed by atoms with Gasteiger partial charge >= 0.3 is 5.97 Å². The van der Waals surface area contributed by atoms with Gasteiger partial charge in [-0.05, 0) is 36.1 Å². The standard InChI is InChI=1S/C21H25NO3/c1-21(2,20(23)24)19-9-7-18(8-10-19)17-5-3-16(4-6-17)15-22-11-13-25-14-12-22/h3-10H,11-15H2,1-2H3,(H,23,24). The van der Waals surface area contributed by atoms with Crippen LogP contribution in [0.1, 0.15) is 25.0 Å². The maximum absolute atomic E-state index is 11.4. The molecule has 1 saturated heterocycles. The van der Waals surface area contributed by atoms with Gasteiger partial charge in [0, 0.05) is 19.6 Å². The van der Waals surface area contributed by atoms with Crippen LogP contribution in [0.4, 0.5) is 0 Å². The predicted molar refractivity (Wildman–Crippen MR) is 98.6 cm³/mol. The molecule has 0 aromatic heterocycles. The summed E-state index contributed by atoms with van der Waals surface area (Å²) in [4.78, 5) is 13.8. The first-order valence-corrected chi connectivity index (χ1v) is 8.70. The van der Waals surface area contributed by atoms with E-state index in [0.717, 1.165) is 49.5 Å². The van der Waals surface area contributed by atoms with Crippen molar-refractivity contribution >= 4 is 5.97 Å². The summed E-state index contributed by atoms with van der Waals surface area (Å²) in [5.74, 6) is -0.812. The van der Waals surface area contributed by atoms with Crippen LogP contribution in [0.5, 0.6) is 0 Å². The van der Waals surface area contributed by atoms with Crippen LogP contribution in [0, 0.1) is 0 Å². The second-order valence-electron chi connectivity index (χ2n) is 7.09. The molecule has 0 aliphatic carbocycles. The lowest BCUT2D eigenvalue weighted by atomic mass is 9.84. The Labute approximate surface area is 149 Å². The molecule has 0 bridgehead atoms. The van der Waals surface area contributed by atoms with Crippen LogP contribution in [0.2, 0.25) is 0 Å². The highest BCUT2D eigenvalue weighted by Gasteiger charge is 2.29. The lowest BCUT2D eigenvalue weighted by Gasteiger charge is -2.26. The minimum Gasteiger partial charge on any atom is -0.481 e. The molecule has 2 aromatic carbocycles. The van der Waals surface area contributed by atoms with Crippen molar-refractivity contribution in [3.8, 4) is 11.1 Å². The zero-order valence-electron chi connectivity index (χ0n) is 14.9. The molecule has 3 rings (SSSR count). The lowest BCUT2D eigenvalue weighted by molar-refractivity contribution is -0.142. The third-order valence-electron chi connectivity index (χ3n) is 4.94. The molecule has 4 nitrogen and oxygen atoms in total. The van der Waals surface area contributed by atoms with E-state index in [1.165, 1.54) is 5.56 Å². The third kappa shape index (κ3) is 4.09. The number of aliphatic carboxylic acids is 1. The van der Waals surface area contributed by atoms with Crippen LogP contribution in [0.15, 0.2) is 48.5 Å². The van der Waals surface area contributed by atoms with E-state index in [-0.39, 0.29) is 0 Å². The van der Waals surface area contributed by atoms with Crippen LogP contribution < -0.4 is 0 Å². The summed E-state index contributed by atoms with van der Waals surface area (Å²) in [5, 5.41) is 9.33. The van der Waals surface area contributed by atoms with Crippen molar-refractivity contribution in [1.29, 1.82) is 0 Å². The van der Waals surface area contributed by atoms with Crippen molar-refractivity contribution in [3.63, 3.8) is 0 Å². The summed E-state index contributed by atoms with van der Waals surface area (Å²) in [7, 11) is 0. The maximum Gasteiger partial charge on any atom is 0.313 e. The monoisotopic (exact) mass is 339 g/mol. The Morgan fingerprint density at radius 3 is 2.04 bits per heavy atom. The molecule has 4 heteroatoms. The van der Waals surface area contributed by atoms with E-state index in [2.05, 4.69) is 29.2 Å². The minimum absolute atomic E-state index is 0.812. The van der Waals surface area contributed by atoms with E-state index in [4.69, 9.17) is 4.74 Å². The summed E-state index contributed by atoms with van der Waals surface area (Å²) in [6, 6.07) is 16.4. The molecule has 1 aliphatic heterocycles. The van der Waals surface area contributed by atoms with Gasteiger partial charge in [0.15, 0.2) is 0 Å². The molecule has 25 heavy (non-hydrogen) atoms. The van der Waals surface area contributed by atoms with Gasteiger partial charge in [-0.1, -0.05) is 48.5 Å². The van der Waals surface area contributed by atoms with Crippen molar-refractivity contribution < 1.29 is 14.6 Å². The normalized spacial score (nSPS) is 15.9. The zero-order valence-corrected chi connectivity index (χ0v) is 14.9. The molecule has 1 aliphatic rings. The Hall–Kier alpha value is -2.17. The number of benzene rings is 2. The Morgan fingerprint density at radius 1 is 1.00 bits per heavy atom. The van der Waals surface area contributed by atoms with Crippen LogP contribution >= 0.6 is 0 Å². The molecule has 0 unspecified atom stereocenters. The van der Waals surface area contributed by atoms with Crippen molar-refractivity contribution in [2.45, 2.75) is 25.8 Å². The summed E-state index contributed by atoms with van der Waals surface area (Å²) < 4.78 is 5.38. The summed E-state index contributed by atoms with van der Waals surface area (Å²) in [6.07, 6.45) is 0. The minimum atomic E-state index is -0.874. The predicted octanol–water partition coefficient (Wildman–Crippen LogP) is 3.55. The van der Waals surface area contributed by atoms with E-state index in [9.17, 15) is 9.90 Å². The molecule has 2 aromatic rings. The number of hydrogen-bond donors (Lipinski definition) is 1. The maximum atomic E-state index is 11.4. The molecule has 1 fully saturated rings.